The summed E-state index contributed by atoms with van der Waals surface area (Å²) in [6.45, 7) is 6.82. The minimum atomic E-state index is 0.360. The van der Waals surface area contributed by atoms with Gasteiger partial charge in [-0.1, -0.05) is 13.0 Å². The summed E-state index contributed by atoms with van der Waals surface area (Å²) >= 11 is 0. The van der Waals surface area contributed by atoms with Crippen molar-refractivity contribution >= 4 is 0 Å². The van der Waals surface area contributed by atoms with Gasteiger partial charge in [-0.2, -0.15) is 0 Å². The third kappa shape index (κ3) is 3.00. The number of hydrogen-bond donors (Lipinski definition) is 1. The highest BCUT2D eigenvalue weighted by Crippen LogP contribution is 2.16. The smallest absolute Gasteiger partial charge is 0.0947 e. The van der Waals surface area contributed by atoms with Crippen molar-refractivity contribution in [2.75, 3.05) is 6.54 Å². The maximum absolute atomic E-state index is 4.35. The van der Waals surface area contributed by atoms with Crippen LogP contribution in [0.5, 0.6) is 0 Å². The van der Waals surface area contributed by atoms with E-state index in [9.17, 15) is 0 Å². The number of rotatable bonds is 6. The molecule has 0 amide bonds. The standard InChI is InChI=1S/C11H19N3/c1-4-6-7-10(12-5-2)11-8-14(3)9-13-11/h4,8-10,12H,1,5-7H2,2-3H3. The Labute approximate surface area is 85.8 Å². The van der Waals surface area contributed by atoms with E-state index >= 15 is 0 Å². The van der Waals surface area contributed by atoms with E-state index in [1.807, 2.05) is 24.0 Å². The Morgan fingerprint density at radius 3 is 3.00 bits per heavy atom. The van der Waals surface area contributed by atoms with Gasteiger partial charge in [0.25, 0.3) is 0 Å². The number of nitrogens with zero attached hydrogens (tertiary/aromatic N) is 2. The Kier molecular flexibility index (Phi) is 4.40. The fourth-order valence-corrected chi connectivity index (χ4v) is 1.50. The van der Waals surface area contributed by atoms with Crippen molar-refractivity contribution in [1.29, 1.82) is 0 Å². The number of imidazole rings is 1. The molecule has 1 rings (SSSR count). The number of aryl methyl sites for hydroxylation is 1. The van der Waals surface area contributed by atoms with Crippen molar-refractivity contribution in [3.05, 3.63) is 30.9 Å². The molecule has 3 heteroatoms. The molecular formula is C11H19N3. The molecule has 1 aromatic rings. The second-order valence-corrected chi connectivity index (χ2v) is 3.44. The van der Waals surface area contributed by atoms with Crippen LogP contribution in [-0.2, 0) is 7.05 Å². The Morgan fingerprint density at radius 1 is 1.71 bits per heavy atom. The molecular weight excluding hydrogens is 174 g/mol. The van der Waals surface area contributed by atoms with Crippen LogP contribution in [0.1, 0.15) is 31.5 Å². The highest BCUT2D eigenvalue weighted by molar-refractivity contribution is 5.03. The van der Waals surface area contributed by atoms with E-state index in [0.29, 0.717) is 6.04 Å². The molecule has 78 valence electrons. The highest BCUT2D eigenvalue weighted by Gasteiger charge is 2.11. The predicted molar refractivity (Wildman–Crippen MR) is 59.1 cm³/mol. The van der Waals surface area contributed by atoms with Gasteiger partial charge in [0.1, 0.15) is 0 Å². The first-order valence-corrected chi connectivity index (χ1v) is 5.10. The summed E-state index contributed by atoms with van der Waals surface area (Å²) in [6, 6.07) is 0.360. The zero-order valence-electron chi connectivity index (χ0n) is 9.03. The molecule has 0 spiro atoms. The van der Waals surface area contributed by atoms with E-state index in [0.717, 1.165) is 25.1 Å². The van der Waals surface area contributed by atoms with Crippen LogP contribution in [0.25, 0.3) is 0 Å². The van der Waals surface area contributed by atoms with Crippen LogP contribution in [-0.4, -0.2) is 16.1 Å². The van der Waals surface area contributed by atoms with Crippen LogP contribution < -0.4 is 5.32 Å². The third-order valence-electron chi connectivity index (χ3n) is 2.19. The molecule has 0 saturated heterocycles. The normalized spacial score (nSPS) is 12.7. The zero-order valence-corrected chi connectivity index (χ0v) is 9.03. The molecule has 3 nitrogen and oxygen atoms in total. The van der Waals surface area contributed by atoms with Crippen LogP contribution in [0.3, 0.4) is 0 Å². The predicted octanol–water partition coefficient (Wildman–Crippen LogP) is 2.04. The fraction of sp³-hybridized carbons (Fsp3) is 0.545. The van der Waals surface area contributed by atoms with E-state index in [-0.39, 0.29) is 0 Å². The average molecular weight is 193 g/mol. The van der Waals surface area contributed by atoms with Crippen molar-refractivity contribution in [1.82, 2.24) is 14.9 Å². The summed E-state index contributed by atoms with van der Waals surface area (Å²) in [7, 11) is 1.99. The molecule has 14 heavy (non-hydrogen) atoms. The Morgan fingerprint density at radius 2 is 2.50 bits per heavy atom. The number of aromatic nitrogens is 2. The molecule has 0 radical (unpaired) electrons. The number of nitrogens with one attached hydrogen (secondary N) is 1. The molecule has 0 saturated carbocycles. The van der Waals surface area contributed by atoms with Crippen molar-refractivity contribution in [3.8, 4) is 0 Å². The summed E-state index contributed by atoms with van der Waals surface area (Å²) in [4.78, 5) is 4.35. The van der Waals surface area contributed by atoms with Gasteiger partial charge in [0.2, 0.25) is 0 Å². The van der Waals surface area contributed by atoms with Gasteiger partial charge in [-0.15, -0.1) is 6.58 Å². The van der Waals surface area contributed by atoms with Gasteiger partial charge in [-0.3, -0.25) is 0 Å². The summed E-state index contributed by atoms with van der Waals surface area (Å²) in [6.07, 6.45) is 7.94. The van der Waals surface area contributed by atoms with Crippen molar-refractivity contribution in [3.63, 3.8) is 0 Å². The van der Waals surface area contributed by atoms with Gasteiger partial charge in [0.05, 0.1) is 18.1 Å². The molecule has 1 unspecified atom stereocenters. The molecule has 1 atom stereocenters. The molecule has 0 aliphatic heterocycles. The van der Waals surface area contributed by atoms with Crippen LogP contribution in [0.4, 0.5) is 0 Å². The molecule has 0 aliphatic rings. The monoisotopic (exact) mass is 193 g/mol. The SMILES string of the molecule is C=CCCC(NCC)c1cn(C)cn1. The van der Waals surface area contributed by atoms with E-state index in [1.165, 1.54) is 0 Å². The first kappa shape index (κ1) is 11.0. The Hall–Kier alpha value is -1.09. The summed E-state index contributed by atoms with van der Waals surface area (Å²) in [5.41, 5.74) is 1.12. The largest absolute Gasteiger partial charge is 0.340 e. The summed E-state index contributed by atoms with van der Waals surface area (Å²) < 4.78 is 1.98. The van der Waals surface area contributed by atoms with Gasteiger partial charge in [0, 0.05) is 13.2 Å². The second kappa shape index (κ2) is 5.60. The minimum absolute atomic E-state index is 0.360. The minimum Gasteiger partial charge on any atom is -0.340 e. The maximum Gasteiger partial charge on any atom is 0.0947 e. The zero-order chi connectivity index (χ0) is 10.4. The summed E-state index contributed by atoms with van der Waals surface area (Å²) in [5, 5.41) is 3.42. The fourth-order valence-electron chi connectivity index (χ4n) is 1.50. The highest BCUT2D eigenvalue weighted by atomic mass is 15.0. The molecule has 1 N–H and O–H groups in total. The van der Waals surface area contributed by atoms with Crippen LogP contribution in [0.2, 0.25) is 0 Å². The lowest BCUT2D eigenvalue weighted by Gasteiger charge is -2.14. The molecule has 0 bridgehead atoms. The van der Waals surface area contributed by atoms with Gasteiger partial charge in [-0.05, 0) is 19.4 Å². The number of allylic oxidation sites excluding steroid dienone is 1. The number of hydrogen-bond acceptors (Lipinski definition) is 2. The van der Waals surface area contributed by atoms with Gasteiger partial charge in [-0.25, -0.2) is 4.98 Å². The lowest BCUT2D eigenvalue weighted by molar-refractivity contribution is 0.509. The van der Waals surface area contributed by atoms with Crippen LogP contribution >= 0.6 is 0 Å². The van der Waals surface area contributed by atoms with E-state index in [1.54, 1.807) is 0 Å². The van der Waals surface area contributed by atoms with Crippen LogP contribution in [0.15, 0.2) is 25.2 Å². The molecule has 0 aromatic carbocycles. The lowest BCUT2D eigenvalue weighted by Crippen LogP contribution is -2.21. The Bertz CT molecular complexity index is 278. The maximum atomic E-state index is 4.35. The Balaban J connectivity index is 2.61. The van der Waals surface area contributed by atoms with Crippen LogP contribution in [0, 0.1) is 0 Å². The average Bonchev–Trinajstić information content (AvgIpc) is 2.59. The van der Waals surface area contributed by atoms with Gasteiger partial charge >= 0.3 is 0 Å². The van der Waals surface area contributed by atoms with E-state index < -0.39 is 0 Å². The third-order valence-corrected chi connectivity index (χ3v) is 2.19. The lowest BCUT2D eigenvalue weighted by atomic mass is 10.1. The first-order valence-electron chi connectivity index (χ1n) is 5.10. The summed E-state index contributed by atoms with van der Waals surface area (Å²) in [5.74, 6) is 0. The first-order chi connectivity index (χ1) is 6.77. The molecule has 1 heterocycles. The van der Waals surface area contributed by atoms with E-state index in [4.69, 9.17) is 0 Å². The molecule has 0 fully saturated rings. The van der Waals surface area contributed by atoms with Crippen molar-refractivity contribution in [2.24, 2.45) is 7.05 Å². The topological polar surface area (TPSA) is 29.9 Å². The van der Waals surface area contributed by atoms with Crippen molar-refractivity contribution < 1.29 is 0 Å². The van der Waals surface area contributed by atoms with Crippen molar-refractivity contribution in [2.45, 2.75) is 25.8 Å². The van der Waals surface area contributed by atoms with E-state index in [2.05, 4.69) is 30.0 Å². The van der Waals surface area contributed by atoms with Gasteiger partial charge < -0.3 is 9.88 Å². The van der Waals surface area contributed by atoms with Gasteiger partial charge in [0.15, 0.2) is 0 Å². The molecule has 1 aromatic heterocycles. The molecule has 0 aliphatic carbocycles. The second-order valence-electron chi connectivity index (χ2n) is 3.44. The quantitative estimate of drug-likeness (QED) is 0.701.